The molecule has 18 heavy (non-hydrogen) atoms. The van der Waals surface area contributed by atoms with Gasteiger partial charge in [0.05, 0.1) is 17.2 Å². The van der Waals surface area contributed by atoms with Gasteiger partial charge < -0.3 is 16.2 Å². The summed E-state index contributed by atoms with van der Waals surface area (Å²) in [6, 6.07) is 4.28. The zero-order chi connectivity index (χ0) is 13.7. The van der Waals surface area contributed by atoms with Crippen LogP contribution in [0.3, 0.4) is 0 Å². The highest BCUT2D eigenvalue weighted by atomic mass is 35.5. The first kappa shape index (κ1) is 14.5. The fourth-order valence-corrected chi connectivity index (χ4v) is 1.67. The van der Waals surface area contributed by atoms with Crippen molar-refractivity contribution in [2.75, 3.05) is 11.9 Å². The van der Waals surface area contributed by atoms with E-state index in [4.69, 9.17) is 22.4 Å². The van der Waals surface area contributed by atoms with Crippen LogP contribution in [-0.4, -0.2) is 23.5 Å². The Balaban J connectivity index is 2.97. The molecule has 1 rings (SSSR count). The predicted octanol–water partition coefficient (Wildman–Crippen LogP) is 1.96. The van der Waals surface area contributed by atoms with Crippen molar-refractivity contribution in [3.63, 3.8) is 0 Å². The van der Waals surface area contributed by atoms with Crippen molar-refractivity contribution < 1.29 is 14.7 Å². The van der Waals surface area contributed by atoms with Gasteiger partial charge in [-0.25, -0.2) is 4.79 Å². The first-order valence-electron chi connectivity index (χ1n) is 5.53. The summed E-state index contributed by atoms with van der Waals surface area (Å²) in [7, 11) is 0. The number of carbonyl (C=O) groups excluding carboxylic acids is 1. The van der Waals surface area contributed by atoms with Gasteiger partial charge in [-0.15, -0.1) is 0 Å². The van der Waals surface area contributed by atoms with Crippen LogP contribution in [0.4, 0.5) is 5.69 Å². The Kier molecular flexibility index (Phi) is 5.12. The molecule has 0 aliphatic heterocycles. The molecule has 0 saturated heterocycles. The van der Waals surface area contributed by atoms with Crippen molar-refractivity contribution in [1.29, 1.82) is 0 Å². The zero-order valence-corrected chi connectivity index (χ0v) is 10.7. The smallest absolute Gasteiger partial charge is 0.337 e. The van der Waals surface area contributed by atoms with Gasteiger partial charge in [0.1, 0.15) is 0 Å². The van der Waals surface area contributed by atoms with Gasteiger partial charge in [-0.05, 0) is 24.6 Å². The van der Waals surface area contributed by atoms with E-state index in [9.17, 15) is 9.59 Å². The second kappa shape index (κ2) is 6.37. The van der Waals surface area contributed by atoms with Crippen LogP contribution < -0.4 is 11.1 Å². The zero-order valence-electron chi connectivity index (χ0n) is 9.94. The molecule has 1 unspecified atom stereocenters. The van der Waals surface area contributed by atoms with Crippen LogP contribution >= 0.6 is 11.6 Å². The molecule has 0 heterocycles. The molecule has 0 spiro atoms. The number of nitrogens with two attached hydrogens (primary N) is 1. The van der Waals surface area contributed by atoms with Crippen LogP contribution in [0.1, 0.15) is 23.7 Å². The number of benzene rings is 1. The van der Waals surface area contributed by atoms with E-state index in [1.807, 2.05) is 6.92 Å². The van der Waals surface area contributed by atoms with E-state index in [0.717, 1.165) is 0 Å². The van der Waals surface area contributed by atoms with Gasteiger partial charge in [-0.3, -0.25) is 4.79 Å². The maximum absolute atomic E-state index is 11.8. The van der Waals surface area contributed by atoms with Crippen LogP contribution in [0.25, 0.3) is 0 Å². The average molecular weight is 271 g/mol. The van der Waals surface area contributed by atoms with E-state index in [1.54, 1.807) is 0 Å². The first-order valence-corrected chi connectivity index (χ1v) is 5.91. The van der Waals surface area contributed by atoms with Gasteiger partial charge in [-0.1, -0.05) is 18.5 Å². The fourth-order valence-electron chi connectivity index (χ4n) is 1.50. The minimum atomic E-state index is -1.14. The average Bonchev–Trinajstić information content (AvgIpc) is 2.32. The number of hydrogen-bond donors (Lipinski definition) is 3. The van der Waals surface area contributed by atoms with Crippen molar-refractivity contribution in [1.82, 2.24) is 0 Å². The minimum Gasteiger partial charge on any atom is -0.478 e. The number of anilines is 1. The Morgan fingerprint density at radius 3 is 2.67 bits per heavy atom. The number of rotatable bonds is 5. The van der Waals surface area contributed by atoms with Crippen LogP contribution in [-0.2, 0) is 4.79 Å². The van der Waals surface area contributed by atoms with Crippen LogP contribution in [0.2, 0.25) is 5.02 Å². The monoisotopic (exact) mass is 270 g/mol. The second-order valence-corrected chi connectivity index (χ2v) is 4.26. The standard InChI is InChI=1S/C12H15ClN2O3/c1-2-7(6-14)11(16)15-10-4-3-8(13)5-9(10)12(17)18/h3-5,7H,2,6,14H2,1H3,(H,15,16)(H,17,18). The van der Waals surface area contributed by atoms with Gasteiger partial charge >= 0.3 is 5.97 Å². The molecule has 0 aliphatic carbocycles. The van der Waals surface area contributed by atoms with E-state index in [1.165, 1.54) is 18.2 Å². The lowest BCUT2D eigenvalue weighted by Crippen LogP contribution is -2.29. The van der Waals surface area contributed by atoms with Crippen molar-refractivity contribution in [3.05, 3.63) is 28.8 Å². The third kappa shape index (κ3) is 3.45. The van der Waals surface area contributed by atoms with Gasteiger partial charge in [0, 0.05) is 11.6 Å². The largest absolute Gasteiger partial charge is 0.478 e. The Morgan fingerprint density at radius 2 is 2.17 bits per heavy atom. The SMILES string of the molecule is CCC(CN)C(=O)Nc1ccc(Cl)cc1C(=O)O. The number of carboxylic acids is 1. The van der Waals surface area contributed by atoms with Gasteiger partial charge in [0.15, 0.2) is 0 Å². The molecule has 0 bridgehead atoms. The molecule has 1 aromatic carbocycles. The minimum absolute atomic E-state index is 0.0391. The summed E-state index contributed by atoms with van der Waals surface area (Å²) in [5.74, 6) is -1.76. The van der Waals surface area contributed by atoms with Crippen molar-refractivity contribution >= 4 is 29.2 Å². The lowest BCUT2D eigenvalue weighted by Gasteiger charge is -2.14. The van der Waals surface area contributed by atoms with E-state index in [2.05, 4.69) is 5.32 Å². The third-order valence-electron chi connectivity index (χ3n) is 2.62. The van der Waals surface area contributed by atoms with E-state index >= 15 is 0 Å². The van der Waals surface area contributed by atoms with E-state index in [-0.39, 0.29) is 29.6 Å². The Bertz CT molecular complexity index is 459. The molecule has 98 valence electrons. The quantitative estimate of drug-likeness (QED) is 0.762. The molecule has 4 N–H and O–H groups in total. The summed E-state index contributed by atoms with van der Waals surface area (Å²) in [5, 5.41) is 11.9. The third-order valence-corrected chi connectivity index (χ3v) is 2.85. The van der Waals surface area contributed by atoms with Crippen LogP contribution in [0.5, 0.6) is 0 Å². The number of nitrogens with one attached hydrogen (secondary N) is 1. The highest BCUT2D eigenvalue weighted by Crippen LogP contribution is 2.21. The van der Waals surface area contributed by atoms with E-state index < -0.39 is 5.97 Å². The summed E-state index contributed by atoms with van der Waals surface area (Å²) in [5.41, 5.74) is 5.65. The fraction of sp³-hybridized carbons (Fsp3) is 0.333. The lowest BCUT2D eigenvalue weighted by atomic mass is 10.1. The number of hydrogen-bond acceptors (Lipinski definition) is 3. The highest BCUT2D eigenvalue weighted by Gasteiger charge is 2.18. The molecule has 6 heteroatoms. The Morgan fingerprint density at radius 1 is 1.50 bits per heavy atom. The van der Waals surface area contributed by atoms with Gasteiger partial charge in [0.25, 0.3) is 0 Å². The molecule has 1 amide bonds. The summed E-state index contributed by atoms with van der Waals surface area (Å²) in [6.07, 6.45) is 0.596. The number of aromatic carboxylic acids is 1. The molecule has 5 nitrogen and oxygen atoms in total. The first-order chi connectivity index (χ1) is 8.49. The molecule has 1 atom stereocenters. The molecule has 0 aromatic heterocycles. The normalized spacial score (nSPS) is 11.9. The molecule has 1 aromatic rings. The molecule has 0 fully saturated rings. The topological polar surface area (TPSA) is 92.4 Å². The lowest BCUT2D eigenvalue weighted by molar-refractivity contribution is -0.119. The molecular formula is C12H15ClN2O3. The number of halogens is 1. The van der Waals surface area contributed by atoms with Crippen molar-refractivity contribution in [3.8, 4) is 0 Å². The summed E-state index contributed by atoms with van der Waals surface area (Å²) in [4.78, 5) is 22.8. The van der Waals surface area contributed by atoms with Gasteiger partial charge in [0.2, 0.25) is 5.91 Å². The number of carboxylic acid groups (broad SMARTS) is 1. The molecule has 0 saturated carbocycles. The molecule has 0 aliphatic rings. The van der Waals surface area contributed by atoms with Crippen LogP contribution in [0.15, 0.2) is 18.2 Å². The van der Waals surface area contributed by atoms with Crippen molar-refractivity contribution in [2.45, 2.75) is 13.3 Å². The van der Waals surface area contributed by atoms with Gasteiger partial charge in [-0.2, -0.15) is 0 Å². The van der Waals surface area contributed by atoms with Crippen molar-refractivity contribution in [2.24, 2.45) is 11.7 Å². The molecular weight excluding hydrogens is 256 g/mol. The maximum Gasteiger partial charge on any atom is 0.337 e. The Labute approximate surface area is 110 Å². The van der Waals surface area contributed by atoms with Crippen LogP contribution in [0, 0.1) is 5.92 Å². The summed E-state index contributed by atoms with van der Waals surface area (Å²) < 4.78 is 0. The Hall–Kier alpha value is -1.59. The summed E-state index contributed by atoms with van der Waals surface area (Å²) in [6.45, 7) is 2.06. The summed E-state index contributed by atoms with van der Waals surface area (Å²) >= 11 is 5.72. The maximum atomic E-state index is 11.8. The second-order valence-electron chi connectivity index (χ2n) is 3.83. The number of amides is 1. The molecule has 0 radical (unpaired) electrons. The highest BCUT2D eigenvalue weighted by molar-refractivity contribution is 6.31. The predicted molar refractivity (Wildman–Crippen MR) is 69.9 cm³/mol. The van der Waals surface area contributed by atoms with E-state index in [0.29, 0.717) is 11.4 Å². The number of carbonyl (C=O) groups is 2.